The van der Waals surface area contributed by atoms with E-state index in [4.69, 9.17) is 0 Å². The summed E-state index contributed by atoms with van der Waals surface area (Å²) in [6.45, 7) is 15.8. The smallest absolute Gasteiger partial charge is 0.194 e. The summed E-state index contributed by atoms with van der Waals surface area (Å²) < 4.78 is 0. The summed E-state index contributed by atoms with van der Waals surface area (Å²) in [7, 11) is 0. The van der Waals surface area contributed by atoms with E-state index in [0.29, 0.717) is 71.9 Å². The standard InChI is InChI=1S/C65H66N2O4/c1-7-64(66(9-3)10-4,43-45-23-15-13-16-24-45)61(70)49-35-31-47(32-36-49)41-63(42-48-33-37-50(38-34-48)62(71)65(8-2,67(11-5)12-6)44-46-25-17-14-18-26-46)57-30-22-21-27-51(57)54-39-55-56(40-58(54)63)60(69)53-29-20-19-28-52(53)59(55)68/h13-40H,7-12,41-44H2,1-6H3. The van der Waals surface area contributed by atoms with Gasteiger partial charge >= 0.3 is 0 Å². The van der Waals surface area contributed by atoms with Crippen LogP contribution in [0.25, 0.3) is 11.1 Å². The lowest BCUT2D eigenvalue weighted by atomic mass is 9.68. The van der Waals surface area contributed by atoms with Crippen LogP contribution in [0.5, 0.6) is 0 Å². The van der Waals surface area contributed by atoms with Gasteiger partial charge in [0.1, 0.15) is 0 Å². The Morgan fingerprint density at radius 3 is 1.18 bits per heavy atom. The Morgan fingerprint density at radius 1 is 0.394 bits per heavy atom. The average molecular weight is 939 g/mol. The summed E-state index contributed by atoms with van der Waals surface area (Å²) in [5.41, 5.74) is 9.37. The third kappa shape index (κ3) is 8.65. The molecule has 0 amide bonds. The van der Waals surface area contributed by atoms with Crippen molar-refractivity contribution in [3.63, 3.8) is 0 Å². The number of carbonyl (C=O) groups excluding carboxylic acids is 4. The monoisotopic (exact) mass is 939 g/mol. The molecule has 0 spiro atoms. The fourth-order valence-corrected chi connectivity index (χ4v) is 12.5. The fourth-order valence-electron chi connectivity index (χ4n) is 12.5. The van der Waals surface area contributed by atoms with Crippen molar-refractivity contribution in [3.05, 3.63) is 237 Å². The molecule has 2 unspecified atom stereocenters. The van der Waals surface area contributed by atoms with E-state index in [2.05, 4.69) is 118 Å². The Balaban J connectivity index is 1.14. The number of ketones is 4. The van der Waals surface area contributed by atoms with Crippen LogP contribution < -0.4 is 0 Å². The van der Waals surface area contributed by atoms with Crippen LogP contribution in [-0.2, 0) is 31.1 Å². The molecule has 6 nitrogen and oxygen atoms in total. The number of likely N-dealkylation sites (N-methyl/N-ethyl adjacent to an activating group) is 2. The lowest BCUT2D eigenvalue weighted by Crippen LogP contribution is -2.55. The van der Waals surface area contributed by atoms with Crippen molar-refractivity contribution in [1.29, 1.82) is 0 Å². The second kappa shape index (κ2) is 20.5. The van der Waals surface area contributed by atoms with E-state index in [0.717, 1.165) is 70.7 Å². The maximum atomic E-state index is 15.0. The summed E-state index contributed by atoms with van der Waals surface area (Å²) in [4.78, 5) is 63.4. The molecule has 2 aliphatic carbocycles. The molecule has 7 aromatic rings. The van der Waals surface area contributed by atoms with E-state index in [-0.39, 0.29) is 23.1 Å². The van der Waals surface area contributed by atoms with E-state index in [1.165, 1.54) is 0 Å². The lowest BCUT2D eigenvalue weighted by Gasteiger charge is -2.42. The molecule has 7 aromatic carbocycles. The molecule has 0 aromatic heterocycles. The van der Waals surface area contributed by atoms with Crippen LogP contribution in [0.4, 0.5) is 0 Å². The first-order chi connectivity index (χ1) is 34.5. The average Bonchev–Trinajstić information content (AvgIpc) is 3.67. The van der Waals surface area contributed by atoms with Crippen molar-refractivity contribution in [2.75, 3.05) is 26.2 Å². The SMILES string of the molecule is CCN(CC)C(CC)(Cc1ccccc1)C(=O)c1ccc(CC2(Cc3ccc(C(=O)C(CC)(Cc4ccccc4)N(CC)CC)cc3)c3ccccc3-c3cc4c(cc32)C(=O)c2ccccc2C4=O)cc1. The van der Waals surface area contributed by atoms with E-state index in [1.807, 2.05) is 91.0 Å². The van der Waals surface area contributed by atoms with Crippen molar-refractivity contribution in [2.45, 2.75) is 96.6 Å². The Bertz CT molecular complexity index is 2950. The molecule has 0 N–H and O–H groups in total. The number of carbonyl (C=O) groups is 4. The van der Waals surface area contributed by atoms with Gasteiger partial charge in [-0.05, 0) is 121 Å². The van der Waals surface area contributed by atoms with Gasteiger partial charge in [0, 0.05) is 38.8 Å². The Labute approximate surface area is 420 Å². The molecule has 0 fully saturated rings. The third-order valence-electron chi connectivity index (χ3n) is 16.2. The number of rotatable bonds is 20. The van der Waals surface area contributed by atoms with Crippen LogP contribution in [0.15, 0.2) is 170 Å². The van der Waals surface area contributed by atoms with Gasteiger partial charge in [-0.2, -0.15) is 0 Å². The van der Waals surface area contributed by atoms with E-state index >= 15 is 9.59 Å². The summed E-state index contributed by atoms with van der Waals surface area (Å²) in [6.07, 6.45) is 3.69. The Hall–Kier alpha value is -6.86. The van der Waals surface area contributed by atoms with Gasteiger partial charge in [-0.15, -0.1) is 0 Å². The molecule has 71 heavy (non-hydrogen) atoms. The van der Waals surface area contributed by atoms with E-state index < -0.39 is 16.5 Å². The number of nitrogens with zero attached hydrogens (tertiary/aromatic N) is 2. The van der Waals surface area contributed by atoms with Crippen molar-refractivity contribution < 1.29 is 19.2 Å². The minimum absolute atomic E-state index is 0.118. The maximum absolute atomic E-state index is 15.0. The van der Waals surface area contributed by atoms with Crippen molar-refractivity contribution in [2.24, 2.45) is 0 Å². The third-order valence-corrected chi connectivity index (χ3v) is 16.2. The normalized spacial score (nSPS) is 16.5. The summed E-state index contributed by atoms with van der Waals surface area (Å²) in [6, 6.07) is 56.6. The number of hydrogen-bond donors (Lipinski definition) is 0. The molecule has 2 atom stereocenters. The minimum atomic E-state index is -0.712. The highest BCUT2D eigenvalue weighted by Crippen LogP contribution is 2.54. The first-order valence-electron chi connectivity index (χ1n) is 25.8. The predicted octanol–water partition coefficient (Wildman–Crippen LogP) is 13.0. The van der Waals surface area contributed by atoms with Gasteiger partial charge in [0.15, 0.2) is 23.1 Å². The molecule has 9 rings (SSSR count). The zero-order valence-corrected chi connectivity index (χ0v) is 42.3. The highest BCUT2D eigenvalue weighted by molar-refractivity contribution is 6.29. The summed E-state index contributed by atoms with van der Waals surface area (Å²) in [5, 5.41) is 0. The number of Topliss-reactive ketones (excluding diaryl/α,β-unsaturated/α-hetero) is 2. The fraction of sp³-hybridized carbons (Fsp3) is 0.292. The van der Waals surface area contributed by atoms with E-state index in [9.17, 15) is 9.59 Å². The van der Waals surface area contributed by atoms with Crippen LogP contribution in [0.1, 0.15) is 140 Å². The predicted molar refractivity (Wildman–Crippen MR) is 287 cm³/mol. The first-order valence-corrected chi connectivity index (χ1v) is 25.8. The molecule has 0 aliphatic heterocycles. The lowest BCUT2D eigenvalue weighted by molar-refractivity contribution is 0.0545. The van der Waals surface area contributed by atoms with Crippen LogP contribution >= 0.6 is 0 Å². The van der Waals surface area contributed by atoms with Crippen molar-refractivity contribution >= 4 is 23.1 Å². The summed E-state index contributed by atoms with van der Waals surface area (Å²) in [5.74, 6) is -0.0625. The molecule has 2 aliphatic rings. The largest absolute Gasteiger partial charge is 0.292 e. The highest BCUT2D eigenvalue weighted by Gasteiger charge is 2.47. The topological polar surface area (TPSA) is 74.8 Å². The minimum Gasteiger partial charge on any atom is -0.292 e. The van der Waals surface area contributed by atoms with Crippen molar-refractivity contribution in [1.82, 2.24) is 9.80 Å². The molecular formula is C65H66N2O4. The van der Waals surface area contributed by atoms with E-state index in [1.54, 1.807) is 12.1 Å². The van der Waals surface area contributed by atoms with Gasteiger partial charge < -0.3 is 0 Å². The summed E-state index contributed by atoms with van der Waals surface area (Å²) >= 11 is 0. The molecule has 360 valence electrons. The van der Waals surface area contributed by atoms with Crippen LogP contribution in [-0.4, -0.2) is 70.2 Å². The van der Waals surface area contributed by atoms with Crippen LogP contribution in [0, 0.1) is 0 Å². The first kappa shape index (κ1) is 49.1. The van der Waals surface area contributed by atoms with Gasteiger partial charge in [-0.25, -0.2) is 0 Å². The van der Waals surface area contributed by atoms with Gasteiger partial charge in [0.2, 0.25) is 0 Å². The molecule has 0 heterocycles. The van der Waals surface area contributed by atoms with Crippen LogP contribution in [0.3, 0.4) is 0 Å². The van der Waals surface area contributed by atoms with Gasteiger partial charge in [-0.1, -0.05) is 199 Å². The van der Waals surface area contributed by atoms with Gasteiger partial charge in [-0.3, -0.25) is 29.0 Å². The zero-order valence-electron chi connectivity index (χ0n) is 42.3. The highest BCUT2D eigenvalue weighted by atomic mass is 16.1. The second-order valence-electron chi connectivity index (χ2n) is 19.6. The number of hydrogen-bond acceptors (Lipinski definition) is 6. The number of fused-ring (bicyclic) bond motifs is 5. The zero-order chi connectivity index (χ0) is 49.9. The Kier molecular flexibility index (Phi) is 14.2. The Morgan fingerprint density at radius 2 is 0.775 bits per heavy atom. The van der Waals surface area contributed by atoms with Crippen LogP contribution in [0.2, 0.25) is 0 Å². The molecular weight excluding hydrogens is 873 g/mol. The van der Waals surface area contributed by atoms with Gasteiger partial charge in [0.05, 0.1) is 11.1 Å². The number of benzene rings is 7. The maximum Gasteiger partial charge on any atom is 0.194 e. The molecule has 0 saturated carbocycles. The molecule has 0 radical (unpaired) electrons. The molecule has 0 saturated heterocycles. The molecule has 6 heteroatoms. The van der Waals surface area contributed by atoms with Gasteiger partial charge in [0.25, 0.3) is 0 Å². The molecule has 0 bridgehead atoms. The second-order valence-corrected chi connectivity index (χ2v) is 19.6. The quantitative estimate of drug-likeness (QED) is 0.0709. The van der Waals surface area contributed by atoms with Crippen molar-refractivity contribution in [3.8, 4) is 11.1 Å².